The molecule has 2 aromatic rings. The van der Waals surface area contributed by atoms with Crippen LogP contribution in [0.3, 0.4) is 0 Å². The Morgan fingerprint density at radius 3 is 2.27 bits per heavy atom. The molecule has 0 aromatic heterocycles. The number of amides is 2. The lowest BCUT2D eigenvalue weighted by atomic mass is 9.90. The van der Waals surface area contributed by atoms with Crippen LogP contribution in [0, 0.1) is 11.2 Å². The zero-order valence-electron chi connectivity index (χ0n) is 14.9. The van der Waals surface area contributed by atoms with Crippen LogP contribution in [-0.4, -0.2) is 17.6 Å². The van der Waals surface area contributed by atoms with Crippen LogP contribution in [0.5, 0.6) is 0 Å². The minimum atomic E-state index is -1.33. The molecule has 0 atom stereocenters. The van der Waals surface area contributed by atoms with E-state index in [1.165, 1.54) is 32.9 Å². The van der Waals surface area contributed by atoms with Crippen LogP contribution in [0.2, 0.25) is 0 Å². The molecule has 6 heteroatoms. The number of nitrogens with one attached hydrogen (secondary N) is 2. The second-order valence-electron chi connectivity index (χ2n) is 6.53. The van der Waals surface area contributed by atoms with Gasteiger partial charge in [0.2, 0.25) is 11.8 Å². The number of benzene rings is 2. The molecule has 2 N–H and O–H groups in total. The van der Waals surface area contributed by atoms with E-state index in [9.17, 15) is 18.8 Å². The summed E-state index contributed by atoms with van der Waals surface area (Å²) in [5.74, 6) is -1.41. The molecular formula is C20H21FN2O3. The number of hydrogen-bond donors (Lipinski definition) is 2. The van der Waals surface area contributed by atoms with Gasteiger partial charge in [0.25, 0.3) is 0 Å². The van der Waals surface area contributed by atoms with E-state index in [-0.39, 0.29) is 18.1 Å². The maximum Gasteiger partial charge on any atom is 0.239 e. The minimum absolute atomic E-state index is 0.114. The molecule has 0 aliphatic carbocycles. The van der Waals surface area contributed by atoms with Gasteiger partial charge in [-0.3, -0.25) is 14.4 Å². The minimum Gasteiger partial charge on any atom is -0.351 e. The van der Waals surface area contributed by atoms with Gasteiger partial charge in [-0.15, -0.1) is 0 Å². The Bertz CT molecular complexity index is 829. The van der Waals surface area contributed by atoms with E-state index in [1.807, 2.05) is 0 Å². The summed E-state index contributed by atoms with van der Waals surface area (Å²) in [7, 11) is 0. The first-order valence-electron chi connectivity index (χ1n) is 8.15. The van der Waals surface area contributed by atoms with Crippen molar-refractivity contribution in [2.75, 3.05) is 5.32 Å². The van der Waals surface area contributed by atoms with Crippen LogP contribution in [0.1, 0.15) is 36.7 Å². The van der Waals surface area contributed by atoms with Gasteiger partial charge in [-0.05, 0) is 50.6 Å². The third kappa shape index (κ3) is 4.75. The number of hydrogen-bond acceptors (Lipinski definition) is 3. The van der Waals surface area contributed by atoms with Crippen molar-refractivity contribution in [1.82, 2.24) is 5.32 Å². The van der Waals surface area contributed by atoms with Gasteiger partial charge in [0, 0.05) is 17.8 Å². The second kappa shape index (κ2) is 7.91. The maximum absolute atomic E-state index is 12.9. The zero-order valence-corrected chi connectivity index (χ0v) is 14.9. The molecule has 0 unspecified atom stereocenters. The van der Waals surface area contributed by atoms with Gasteiger partial charge in [0.05, 0.1) is 0 Å². The molecule has 0 spiro atoms. The molecule has 5 nitrogen and oxygen atoms in total. The van der Waals surface area contributed by atoms with Gasteiger partial charge in [-0.2, -0.15) is 0 Å². The number of anilines is 1. The normalized spacial score (nSPS) is 10.9. The summed E-state index contributed by atoms with van der Waals surface area (Å²) in [5.41, 5.74) is 0.320. The van der Waals surface area contributed by atoms with E-state index in [0.717, 1.165) is 5.56 Å². The monoisotopic (exact) mass is 356 g/mol. The standard InChI is InChI=1S/C20H21FN2O3/c1-13(24)15-5-4-6-17(11-15)23-19(26)20(2,3)18(25)22-12-14-7-9-16(21)10-8-14/h4-11H,12H2,1-3H3,(H,22,25)(H,23,26). The van der Waals surface area contributed by atoms with Gasteiger partial charge in [-0.25, -0.2) is 4.39 Å². The summed E-state index contributed by atoms with van der Waals surface area (Å²) in [5, 5.41) is 5.34. The Labute approximate surface area is 151 Å². The van der Waals surface area contributed by atoms with Crippen molar-refractivity contribution in [3.8, 4) is 0 Å². The highest BCUT2D eigenvalue weighted by atomic mass is 19.1. The fourth-order valence-corrected chi connectivity index (χ4v) is 2.21. The van der Waals surface area contributed by atoms with E-state index in [2.05, 4.69) is 10.6 Å². The third-order valence-corrected chi connectivity index (χ3v) is 4.03. The van der Waals surface area contributed by atoms with Gasteiger partial charge in [-0.1, -0.05) is 24.3 Å². The fraction of sp³-hybridized carbons (Fsp3) is 0.250. The van der Waals surface area contributed by atoms with Crippen LogP contribution in [0.15, 0.2) is 48.5 Å². The van der Waals surface area contributed by atoms with E-state index in [0.29, 0.717) is 11.3 Å². The van der Waals surface area contributed by atoms with Gasteiger partial charge < -0.3 is 10.6 Å². The van der Waals surface area contributed by atoms with Gasteiger partial charge in [0.15, 0.2) is 5.78 Å². The molecular weight excluding hydrogens is 335 g/mol. The smallest absolute Gasteiger partial charge is 0.239 e. The Morgan fingerprint density at radius 2 is 1.65 bits per heavy atom. The van der Waals surface area contributed by atoms with E-state index in [4.69, 9.17) is 0 Å². The van der Waals surface area contributed by atoms with Crippen LogP contribution in [0.4, 0.5) is 10.1 Å². The predicted molar refractivity (Wildman–Crippen MR) is 97.1 cm³/mol. The van der Waals surface area contributed by atoms with Crippen LogP contribution in [0.25, 0.3) is 0 Å². The highest BCUT2D eigenvalue weighted by Gasteiger charge is 2.36. The first-order chi connectivity index (χ1) is 12.2. The Morgan fingerprint density at radius 1 is 1.00 bits per heavy atom. The summed E-state index contributed by atoms with van der Waals surface area (Å²) in [4.78, 5) is 36.3. The predicted octanol–water partition coefficient (Wildman–Crippen LogP) is 3.31. The van der Waals surface area contributed by atoms with Crippen molar-refractivity contribution in [3.63, 3.8) is 0 Å². The topological polar surface area (TPSA) is 75.3 Å². The lowest BCUT2D eigenvalue weighted by molar-refractivity contribution is -0.138. The van der Waals surface area contributed by atoms with Crippen LogP contribution < -0.4 is 10.6 Å². The summed E-state index contributed by atoms with van der Waals surface area (Å²) < 4.78 is 12.9. The van der Waals surface area contributed by atoms with Crippen LogP contribution >= 0.6 is 0 Å². The molecule has 2 aromatic carbocycles. The number of halogens is 1. The van der Waals surface area contributed by atoms with E-state index < -0.39 is 17.2 Å². The largest absolute Gasteiger partial charge is 0.351 e. The number of carbonyl (C=O) groups excluding carboxylic acids is 3. The Hall–Kier alpha value is -3.02. The SMILES string of the molecule is CC(=O)c1cccc(NC(=O)C(C)(C)C(=O)NCc2ccc(F)cc2)c1. The lowest BCUT2D eigenvalue weighted by Crippen LogP contribution is -2.44. The quantitative estimate of drug-likeness (QED) is 0.616. The summed E-state index contributed by atoms with van der Waals surface area (Å²) in [6.07, 6.45) is 0. The molecule has 0 saturated carbocycles. The Kier molecular flexibility index (Phi) is 5.87. The highest BCUT2D eigenvalue weighted by Crippen LogP contribution is 2.20. The maximum atomic E-state index is 12.9. The fourth-order valence-electron chi connectivity index (χ4n) is 2.21. The second-order valence-corrected chi connectivity index (χ2v) is 6.53. The molecule has 0 bridgehead atoms. The van der Waals surface area contributed by atoms with Crippen molar-refractivity contribution in [2.24, 2.45) is 5.41 Å². The van der Waals surface area contributed by atoms with Crippen LogP contribution in [-0.2, 0) is 16.1 Å². The first-order valence-corrected chi connectivity index (χ1v) is 8.15. The van der Waals surface area contributed by atoms with E-state index >= 15 is 0 Å². The molecule has 0 aliphatic rings. The number of ketones is 1. The molecule has 136 valence electrons. The zero-order chi connectivity index (χ0) is 19.3. The molecule has 26 heavy (non-hydrogen) atoms. The molecule has 0 aliphatic heterocycles. The highest BCUT2D eigenvalue weighted by molar-refractivity contribution is 6.10. The third-order valence-electron chi connectivity index (χ3n) is 4.03. The molecule has 0 fully saturated rings. The number of carbonyl (C=O) groups is 3. The van der Waals surface area contributed by atoms with Crippen molar-refractivity contribution >= 4 is 23.3 Å². The van der Waals surface area contributed by atoms with Crippen molar-refractivity contribution in [1.29, 1.82) is 0 Å². The summed E-state index contributed by atoms with van der Waals surface area (Å²) in [6.45, 7) is 4.65. The van der Waals surface area contributed by atoms with Crippen molar-refractivity contribution in [3.05, 3.63) is 65.5 Å². The van der Waals surface area contributed by atoms with Gasteiger partial charge >= 0.3 is 0 Å². The van der Waals surface area contributed by atoms with Crippen molar-refractivity contribution in [2.45, 2.75) is 27.3 Å². The molecule has 2 rings (SSSR count). The Balaban J connectivity index is 2.01. The molecule has 2 amide bonds. The average Bonchev–Trinajstić information content (AvgIpc) is 2.61. The van der Waals surface area contributed by atoms with Gasteiger partial charge in [0.1, 0.15) is 11.2 Å². The lowest BCUT2D eigenvalue weighted by Gasteiger charge is -2.23. The molecule has 0 heterocycles. The van der Waals surface area contributed by atoms with Crippen molar-refractivity contribution < 1.29 is 18.8 Å². The summed E-state index contributed by atoms with van der Waals surface area (Å²) in [6, 6.07) is 12.3. The number of rotatable bonds is 6. The number of Topliss-reactive ketones (excluding diaryl/α,β-unsaturated/α-hetero) is 1. The summed E-state index contributed by atoms with van der Waals surface area (Å²) >= 11 is 0. The molecule has 0 radical (unpaired) electrons. The average molecular weight is 356 g/mol. The van der Waals surface area contributed by atoms with E-state index in [1.54, 1.807) is 36.4 Å². The first kappa shape index (κ1) is 19.3. The molecule has 0 saturated heterocycles.